The first-order valence-electron chi connectivity index (χ1n) is 24.7. The molecule has 0 aliphatic rings. The Kier molecular flexibility index (Phi) is 28.6. The highest BCUT2D eigenvalue weighted by molar-refractivity contribution is 6.00. The molecule has 0 bridgehead atoms. The SMILES string of the molecule is CCCCCCCCCC[N+](C)(CCCCCCCCCC)c1cccc2c([N+](C)(CCCCCCCCCC)CCCCCCCCCC)cccc12. The highest BCUT2D eigenvalue weighted by Gasteiger charge is 2.31. The van der Waals surface area contributed by atoms with Crippen LogP contribution in [0, 0.1) is 0 Å². The second kappa shape index (κ2) is 31.7. The first kappa shape index (κ1) is 48.8. The Morgan fingerprint density at radius 2 is 0.481 bits per heavy atom. The van der Waals surface area contributed by atoms with E-state index in [9.17, 15) is 0 Å². The molecule has 0 saturated carbocycles. The fourth-order valence-corrected chi connectivity index (χ4v) is 9.30. The molecule has 2 aromatic rings. The molecule has 2 rings (SSSR count). The molecule has 0 fully saturated rings. The second-order valence-electron chi connectivity index (χ2n) is 18.2. The molecule has 0 heterocycles. The molecule has 0 aromatic heterocycles. The maximum Gasteiger partial charge on any atom is 0.140 e. The Balaban J connectivity index is 2.26. The Morgan fingerprint density at radius 1 is 0.278 bits per heavy atom. The van der Waals surface area contributed by atoms with Gasteiger partial charge in [-0.1, -0.05) is 194 Å². The highest BCUT2D eigenvalue weighted by Crippen LogP contribution is 2.39. The van der Waals surface area contributed by atoms with E-state index in [-0.39, 0.29) is 0 Å². The fraction of sp³-hybridized carbons (Fsp3) is 0.808. The van der Waals surface area contributed by atoms with Crippen molar-refractivity contribution in [2.24, 2.45) is 0 Å². The van der Waals surface area contributed by atoms with Gasteiger partial charge in [0.1, 0.15) is 11.4 Å². The van der Waals surface area contributed by atoms with Crippen LogP contribution in [0.2, 0.25) is 0 Å². The van der Waals surface area contributed by atoms with Gasteiger partial charge in [-0.15, -0.1) is 0 Å². The monoisotopic (exact) mass is 749 g/mol. The summed E-state index contributed by atoms with van der Waals surface area (Å²) in [7, 11) is 5.19. The van der Waals surface area contributed by atoms with E-state index < -0.39 is 0 Å². The standard InChI is InChI=1S/C52H96N2/c1-7-11-15-19-23-27-31-35-45-53(5,46-36-32-28-24-20-16-12-8-2)51-43-39-42-50-49(51)41-40-44-52(50)54(6,47-37-33-29-25-21-17-13-9-3)48-38-34-30-26-22-18-14-10-4/h39-44H,7-38,45-48H2,1-6H3/q+2. The van der Waals surface area contributed by atoms with Crippen molar-refractivity contribution in [3.63, 3.8) is 0 Å². The smallest absolute Gasteiger partial charge is 0.140 e. The summed E-state index contributed by atoms with van der Waals surface area (Å²) < 4.78 is 2.21. The van der Waals surface area contributed by atoms with Gasteiger partial charge in [0.05, 0.1) is 40.3 Å². The zero-order valence-corrected chi connectivity index (χ0v) is 37.8. The van der Waals surface area contributed by atoms with Gasteiger partial charge >= 0.3 is 0 Å². The summed E-state index contributed by atoms with van der Waals surface area (Å²) in [5, 5.41) is 3.07. The number of nitrogens with zero attached hydrogens (tertiary/aromatic N) is 2. The third kappa shape index (κ3) is 20.2. The molecule has 2 heteroatoms. The first-order valence-corrected chi connectivity index (χ1v) is 24.7. The number of fused-ring (bicyclic) bond motifs is 1. The van der Waals surface area contributed by atoms with Crippen LogP contribution in [0.15, 0.2) is 36.4 Å². The number of unbranched alkanes of at least 4 members (excludes halogenated alkanes) is 28. The Labute approximate surface area is 339 Å². The van der Waals surface area contributed by atoms with E-state index in [0.717, 1.165) is 8.97 Å². The van der Waals surface area contributed by atoms with E-state index in [1.54, 1.807) is 11.4 Å². The Morgan fingerprint density at radius 3 is 0.704 bits per heavy atom. The lowest BCUT2D eigenvalue weighted by Crippen LogP contribution is -2.47. The molecule has 0 aliphatic heterocycles. The van der Waals surface area contributed by atoms with E-state index >= 15 is 0 Å². The van der Waals surface area contributed by atoms with Gasteiger partial charge < -0.3 is 0 Å². The van der Waals surface area contributed by atoms with Crippen LogP contribution in [0.4, 0.5) is 11.4 Å². The molecular formula is C52H96N2+2. The van der Waals surface area contributed by atoms with Gasteiger partial charge in [-0.05, 0) is 75.6 Å². The van der Waals surface area contributed by atoms with Gasteiger partial charge in [0.2, 0.25) is 0 Å². The minimum Gasteiger partial charge on any atom is -0.293 e. The van der Waals surface area contributed by atoms with Crippen molar-refractivity contribution in [3.05, 3.63) is 36.4 Å². The second-order valence-corrected chi connectivity index (χ2v) is 18.2. The minimum atomic E-state index is 1.10. The zero-order chi connectivity index (χ0) is 39.0. The molecule has 312 valence electrons. The van der Waals surface area contributed by atoms with Crippen LogP contribution in [-0.4, -0.2) is 40.3 Å². The number of rotatable bonds is 38. The van der Waals surface area contributed by atoms with Gasteiger partial charge in [-0.25, -0.2) is 0 Å². The topological polar surface area (TPSA) is 0 Å². The maximum atomic E-state index is 2.60. The van der Waals surface area contributed by atoms with E-state index in [1.807, 2.05) is 0 Å². The van der Waals surface area contributed by atoms with E-state index in [0.29, 0.717) is 0 Å². The zero-order valence-electron chi connectivity index (χ0n) is 37.8. The molecule has 2 aromatic carbocycles. The Bertz CT molecular complexity index is 1010. The van der Waals surface area contributed by atoms with Gasteiger partial charge in [-0.2, -0.15) is 0 Å². The van der Waals surface area contributed by atoms with Crippen LogP contribution in [0.5, 0.6) is 0 Å². The number of quaternary nitrogens is 2. The Hall–Kier alpha value is -1.38. The van der Waals surface area contributed by atoms with Gasteiger partial charge in [0.15, 0.2) is 0 Å². The molecule has 0 radical (unpaired) electrons. The number of hydrogen-bond donors (Lipinski definition) is 0. The summed E-state index contributed by atoms with van der Waals surface area (Å²) in [4.78, 5) is 0. The van der Waals surface area contributed by atoms with Crippen molar-refractivity contribution < 1.29 is 0 Å². The lowest BCUT2D eigenvalue weighted by Gasteiger charge is -2.37. The van der Waals surface area contributed by atoms with Crippen LogP contribution in [0.25, 0.3) is 10.8 Å². The van der Waals surface area contributed by atoms with Crippen molar-refractivity contribution in [2.75, 3.05) is 40.3 Å². The van der Waals surface area contributed by atoms with Crippen LogP contribution in [-0.2, 0) is 0 Å². The fourth-order valence-electron chi connectivity index (χ4n) is 9.30. The summed E-state index contributed by atoms with van der Waals surface area (Å²) in [5.74, 6) is 0. The first-order chi connectivity index (χ1) is 26.5. The largest absolute Gasteiger partial charge is 0.293 e. The minimum absolute atomic E-state index is 1.10. The average molecular weight is 749 g/mol. The normalized spacial score (nSPS) is 12.3. The summed E-state index contributed by atoms with van der Waals surface area (Å²) in [6.07, 6.45) is 44.7. The molecule has 0 aliphatic carbocycles. The van der Waals surface area contributed by atoms with Gasteiger partial charge in [0.25, 0.3) is 0 Å². The van der Waals surface area contributed by atoms with E-state index in [2.05, 4.69) is 78.2 Å². The quantitative estimate of drug-likeness (QED) is 0.0474. The molecule has 0 spiro atoms. The molecule has 54 heavy (non-hydrogen) atoms. The number of hydrogen-bond acceptors (Lipinski definition) is 0. The van der Waals surface area contributed by atoms with Gasteiger partial charge in [0, 0.05) is 10.8 Å². The van der Waals surface area contributed by atoms with E-state index in [4.69, 9.17) is 0 Å². The van der Waals surface area contributed by atoms with Gasteiger partial charge in [-0.3, -0.25) is 8.97 Å². The van der Waals surface area contributed by atoms with Crippen molar-refractivity contribution >= 4 is 22.1 Å². The summed E-state index contributed by atoms with van der Waals surface area (Å²) >= 11 is 0. The van der Waals surface area contributed by atoms with Crippen molar-refractivity contribution in [3.8, 4) is 0 Å². The third-order valence-corrected chi connectivity index (χ3v) is 13.1. The molecule has 2 nitrogen and oxygen atoms in total. The highest BCUT2D eigenvalue weighted by atomic mass is 15.3. The van der Waals surface area contributed by atoms with Crippen molar-refractivity contribution in [1.29, 1.82) is 0 Å². The van der Waals surface area contributed by atoms with Crippen molar-refractivity contribution in [1.82, 2.24) is 8.97 Å². The van der Waals surface area contributed by atoms with Crippen LogP contribution in [0.1, 0.15) is 233 Å². The molecule has 0 N–H and O–H groups in total. The summed E-state index contributed by atoms with van der Waals surface area (Å²) in [6, 6.07) is 14.9. The lowest BCUT2D eigenvalue weighted by molar-refractivity contribution is 0.310. The molecule has 0 atom stereocenters. The van der Waals surface area contributed by atoms with E-state index in [1.165, 1.54) is 242 Å². The average Bonchev–Trinajstić information content (AvgIpc) is 3.18. The van der Waals surface area contributed by atoms with Crippen LogP contribution in [0.3, 0.4) is 0 Å². The summed E-state index contributed by atoms with van der Waals surface area (Å²) in [5.41, 5.74) is 3.18. The molecule has 0 amide bonds. The molecule has 0 unspecified atom stereocenters. The molecule has 0 saturated heterocycles. The number of benzene rings is 2. The molecular weight excluding hydrogens is 653 g/mol. The van der Waals surface area contributed by atoms with Crippen LogP contribution >= 0.6 is 0 Å². The predicted octanol–water partition coefficient (Wildman–Crippen LogP) is 17.3. The summed E-state index contributed by atoms with van der Waals surface area (Å²) in [6.45, 7) is 14.4. The predicted molar refractivity (Wildman–Crippen MR) is 249 cm³/mol. The van der Waals surface area contributed by atoms with Crippen LogP contribution < -0.4 is 8.97 Å². The third-order valence-electron chi connectivity index (χ3n) is 13.1. The lowest BCUT2D eigenvalue weighted by atomic mass is 10.0. The van der Waals surface area contributed by atoms with Crippen molar-refractivity contribution in [2.45, 2.75) is 233 Å². The maximum absolute atomic E-state index is 2.60.